The highest BCUT2D eigenvalue weighted by atomic mass is 35.5. The Morgan fingerprint density at radius 2 is 1.35 bits per heavy atom. The Kier molecular flexibility index (Phi) is 9.11. The maximum atomic E-state index is 5.76. The maximum Gasteiger partial charge on any atom is 0.0836 e. The second-order valence-corrected chi connectivity index (χ2v) is 8.26. The van der Waals surface area contributed by atoms with Crippen LogP contribution in [0.25, 0.3) is 0 Å². The summed E-state index contributed by atoms with van der Waals surface area (Å²) in [7, 11) is 7.29. The SMILES string of the molecule is COC1CCC(CC2NCCC3CC(OC)C(OC)CC32)CC1OC.Cl. The molecule has 8 unspecified atom stereocenters. The average Bonchev–Trinajstić information content (AvgIpc) is 2.66. The van der Waals surface area contributed by atoms with Crippen molar-refractivity contribution in [2.75, 3.05) is 35.0 Å². The molecule has 2 saturated carbocycles. The first-order valence-corrected chi connectivity index (χ1v) is 10.0. The number of piperidine rings is 1. The number of ether oxygens (including phenoxy) is 4. The summed E-state index contributed by atoms with van der Waals surface area (Å²) in [5.74, 6) is 2.22. The molecule has 1 saturated heterocycles. The molecule has 1 aliphatic heterocycles. The Morgan fingerprint density at radius 1 is 0.731 bits per heavy atom. The van der Waals surface area contributed by atoms with Crippen LogP contribution < -0.4 is 5.32 Å². The number of hydrogen-bond acceptors (Lipinski definition) is 5. The molecule has 0 aromatic carbocycles. The lowest BCUT2D eigenvalue weighted by molar-refractivity contribution is -0.102. The van der Waals surface area contributed by atoms with E-state index in [0.717, 1.165) is 44.1 Å². The molecule has 3 aliphatic rings. The fraction of sp³-hybridized carbons (Fsp3) is 1.00. The van der Waals surface area contributed by atoms with Gasteiger partial charge < -0.3 is 24.3 Å². The Bertz CT molecular complexity index is 413. The Morgan fingerprint density at radius 3 is 2.00 bits per heavy atom. The quantitative estimate of drug-likeness (QED) is 0.754. The van der Waals surface area contributed by atoms with Crippen LogP contribution in [-0.4, -0.2) is 65.4 Å². The lowest BCUT2D eigenvalue weighted by Gasteiger charge is -2.48. The first-order valence-electron chi connectivity index (χ1n) is 10.0. The fourth-order valence-electron chi connectivity index (χ4n) is 5.70. The minimum atomic E-state index is 0. The van der Waals surface area contributed by atoms with E-state index in [4.69, 9.17) is 18.9 Å². The van der Waals surface area contributed by atoms with Gasteiger partial charge in [0.25, 0.3) is 0 Å². The van der Waals surface area contributed by atoms with Gasteiger partial charge in [0.2, 0.25) is 0 Å². The minimum Gasteiger partial charge on any atom is -0.379 e. The van der Waals surface area contributed by atoms with Gasteiger partial charge >= 0.3 is 0 Å². The molecular formula is C20H38ClNO4. The smallest absolute Gasteiger partial charge is 0.0836 e. The van der Waals surface area contributed by atoms with Crippen LogP contribution in [0.2, 0.25) is 0 Å². The van der Waals surface area contributed by atoms with Gasteiger partial charge in [-0.2, -0.15) is 0 Å². The van der Waals surface area contributed by atoms with Crippen molar-refractivity contribution in [3.05, 3.63) is 0 Å². The molecule has 0 aromatic rings. The largest absolute Gasteiger partial charge is 0.379 e. The summed E-state index contributed by atoms with van der Waals surface area (Å²) in [5, 5.41) is 3.83. The van der Waals surface area contributed by atoms with Gasteiger partial charge in [0.1, 0.15) is 0 Å². The van der Waals surface area contributed by atoms with Crippen LogP contribution >= 0.6 is 12.4 Å². The molecule has 26 heavy (non-hydrogen) atoms. The number of fused-ring (bicyclic) bond motifs is 1. The third-order valence-corrected chi connectivity index (χ3v) is 7.14. The molecule has 1 heterocycles. The van der Waals surface area contributed by atoms with Gasteiger partial charge in [-0.3, -0.25) is 0 Å². The van der Waals surface area contributed by atoms with Crippen LogP contribution in [0.1, 0.15) is 44.9 Å². The number of rotatable bonds is 6. The van der Waals surface area contributed by atoms with Crippen LogP contribution in [0.4, 0.5) is 0 Å². The molecule has 0 radical (unpaired) electrons. The predicted octanol–water partition coefficient (Wildman–Crippen LogP) is 3.05. The highest BCUT2D eigenvalue weighted by molar-refractivity contribution is 5.85. The lowest BCUT2D eigenvalue weighted by Crippen LogP contribution is -2.54. The zero-order chi connectivity index (χ0) is 17.8. The molecule has 6 heteroatoms. The molecule has 1 N–H and O–H groups in total. The van der Waals surface area contributed by atoms with E-state index in [1.807, 2.05) is 28.4 Å². The van der Waals surface area contributed by atoms with E-state index >= 15 is 0 Å². The number of hydrogen-bond donors (Lipinski definition) is 1. The summed E-state index contributed by atoms with van der Waals surface area (Å²) in [4.78, 5) is 0. The zero-order valence-electron chi connectivity index (χ0n) is 16.8. The Labute approximate surface area is 165 Å². The van der Waals surface area contributed by atoms with Crippen molar-refractivity contribution in [2.24, 2.45) is 17.8 Å². The number of nitrogens with one attached hydrogen (secondary N) is 1. The van der Waals surface area contributed by atoms with Gasteiger partial charge in [-0.1, -0.05) is 0 Å². The summed E-state index contributed by atoms with van der Waals surface area (Å²) in [6.07, 6.45) is 9.31. The third-order valence-electron chi connectivity index (χ3n) is 7.14. The normalized spacial score (nSPS) is 43.4. The van der Waals surface area contributed by atoms with E-state index in [9.17, 15) is 0 Å². The van der Waals surface area contributed by atoms with Crippen molar-refractivity contribution in [3.8, 4) is 0 Å². The van der Waals surface area contributed by atoms with Crippen LogP contribution in [-0.2, 0) is 18.9 Å². The highest BCUT2D eigenvalue weighted by Crippen LogP contribution is 2.42. The van der Waals surface area contributed by atoms with Gasteiger partial charge in [0.15, 0.2) is 0 Å². The van der Waals surface area contributed by atoms with Gasteiger partial charge in [0.05, 0.1) is 24.4 Å². The Balaban J connectivity index is 0.00000243. The molecule has 3 fully saturated rings. The zero-order valence-corrected chi connectivity index (χ0v) is 17.6. The van der Waals surface area contributed by atoms with Crippen LogP contribution in [0.5, 0.6) is 0 Å². The highest BCUT2D eigenvalue weighted by Gasteiger charge is 2.43. The van der Waals surface area contributed by atoms with Crippen molar-refractivity contribution in [1.29, 1.82) is 0 Å². The van der Waals surface area contributed by atoms with Gasteiger partial charge in [0, 0.05) is 34.5 Å². The van der Waals surface area contributed by atoms with Gasteiger partial charge in [-0.05, 0) is 69.2 Å². The molecule has 0 aromatic heterocycles. The van der Waals surface area contributed by atoms with E-state index < -0.39 is 0 Å². The van der Waals surface area contributed by atoms with Crippen LogP contribution in [0.15, 0.2) is 0 Å². The van der Waals surface area contributed by atoms with Crippen molar-refractivity contribution in [2.45, 2.75) is 75.4 Å². The molecule has 154 valence electrons. The van der Waals surface area contributed by atoms with Crippen molar-refractivity contribution in [1.82, 2.24) is 5.32 Å². The first kappa shape index (κ1) is 22.4. The first-order chi connectivity index (χ1) is 12.2. The fourth-order valence-corrected chi connectivity index (χ4v) is 5.70. The average molecular weight is 392 g/mol. The molecule has 0 bridgehead atoms. The summed E-state index contributed by atoms with van der Waals surface area (Å²) in [6, 6.07) is 0.607. The van der Waals surface area contributed by atoms with Gasteiger partial charge in [-0.15, -0.1) is 12.4 Å². The molecule has 5 nitrogen and oxygen atoms in total. The summed E-state index contributed by atoms with van der Waals surface area (Å²) in [5.41, 5.74) is 0. The minimum absolute atomic E-state index is 0. The summed E-state index contributed by atoms with van der Waals surface area (Å²) >= 11 is 0. The van der Waals surface area contributed by atoms with E-state index in [0.29, 0.717) is 12.0 Å². The van der Waals surface area contributed by atoms with E-state index in [1.54, 1.807) is 0 Å². The van der Waals surface area contributed by atoms with Crippen LogP contribution in [0.3, 0.4) is 0 Å². The number of halogens is 1. The van der Waals surface area contributed by atoms with E-state index in [1.165, 1.54) is 19.3 Å². The lowest BCUT2D eigenvalue weighted by atomic mass is 9.67. The van der Waals surface area contributed by atoms with Crippen molar-refractivity contribution < 1.29 is 18.9 Å². The molecule has 3 rings (SSSR count). The van der Waals surface area contributed by atoms with Crippen LogP contribution in [0, 0.1) is 17.8 Å². The predicted molar refractivity (Wildman–Crippen MR) is 105 cm³/mol. The standard InChI is InChI=1S/C20H37NO4.ClH/c1-22-17-6-5-13(10-18(17)23-2)9-16-15-12-20(25-4)19(24-3)11-14(15)7-8-21-16;/h13-21H,5-12H2,1-4H3;1H. The second kappa shape index (κ2) is 10.6. The summed E-state index contributed by atoms with van der Waals surface area (Å²) in [6.45, 7) is 1.14. The van der Waals surface area contributed by atoms with E-state index in [2.05, 4.69) is 5.32 Å². The van der Waals surface area contributed by atoms with Gasteiger partial charge in [-0.25, -0.2) is 0 Å². The summed E-state index contributed by atoms with van der Waals surface area (Å²) < 4.78 is 22.8. The van der Waals surface area contributed by atoms with E-state index in [-0.39, 0.29) is 36.8 Å². The third kappa shape index (κ3) is 4.92. The Hall–Kier alpha value is 0.0900. The monoisotopic (exact) mass is 391 g/mol. The second-order valence-electron chi connectivity index (χ2n) is 8.26. The topological polar surface area (TPSA) is 49.0 Å². The van der Waals surface area contributed by atoms with Crippen molar-refractivity contribution in [3.63, 3.8) is 0 Å². The maximum absolute atomic E-state index is 5.76. The number of methoxy groups -OCH3 is 4. The molecule has 0 amide bonds. The van der Waals surface area contributed by atoms with Crippen molar-refractivity contribution >= 4 is 12.4 Å². The molecular weight excluding hydrogens is 354 g/mol. The molecule has 8 atom stereocenters. The molecule has 0 spiro atoms. The molecule has 2 aliphatic carbocycles.